The number of imide groups is 1. The van der Waals surface area contributed by atoms with Crippen molar-refractivity contribution in [2.24, 2.45) is 0 Å². The number of carbonyl (C=O) groups excluding carboxylic acids is 2. The minimum absolute atomic E-state index is 0.0247. The number of amides is 3. The van der Waals surface area contributed by atoms with Crippen LogP contribution >= 0.6 is 0 Å². The van der Waals surface area contributed by atoms with Crippen molar-refractivity contribution in [1.82, 2.24) is 15.1 Å². The number of rotatable bonds is 5. The molecule has 2 heterocycles. The van der Waals surface area contributed by atoms with Crippen LogP contribution < -0.4 is 5.32 Å². The molecule has 23 heavy (non-hydrogen) atoms. The molecular formula is C18H25N3O2. The van der Waals surface area contributed by atoms with Crippen LogP contribution in [0.4, 0.5) is 4.79 Å². The number of urea groups is 1. The van der Waals surface area contributed by atoms with Crippen molar-refractivity contribution in [2.45, 2.75) is 44.7 Å². The van der Waals surface area contributed by atoms with Crippen LogP contribution in [-0.2, 0) is 11.2 Å². The lowest BCUT2D eigenvalue weighted by Crippen LogP contribution is -2.69. The van der Waals surface area contributed by atoms with Crippen LogP contribution in [0.15, 0.2) is 30.3 Å². The van der Waals surface area contributed by atoms with Crippen LogP contribution in [0.3, 0.4) is 0 Å². The van der Waals surface area contributed by atoms with Gasteiger partial charge in [-0.1, -0.05) is 37.3 Å². The molecule has 0 aliphatic carbocycles. The lowest BCUT2D eigenvalue weighted by atomic mass is 9.93. The zero-order valence-corrected chi connectivity index (χ0v) is 13.7. The topological polar surface area (TPSA) is 52.7 Å². The van der Waals surface area contributed by atoms with Crippen LogP contribution in [0, 0.1) is 0 Å². The minimum atomic E-state index is -0.233. The SMILES string of the molecule is CCCN1C(=O)N(CCc2ccccc2)C(=O)C2NCCCC21. The van der Waals surface area contributed by atoms with Gasteiger partial charge in [-0.15, -0.1) is 0 Å². The van der Waals surface area contributed by atoms with Crippen molar-refractivity contribution >= 4 is 11.9 Å². The highest BCUT2D eigenvalue weighted by Crippen LogP contribution is 2.25. The smallest absolute Gasteiger partial charge is 0.319 e. The van der Waals surface area contributed by atoms with Crippen molar-refractivity contribution in [3.63, 3.8) is 0 Å². The first kappa shape index (κ1) is 16.0. The summed E-state index contributed by atoms with van der Waals surface area (Å²) >= 11 is 0. The van der Waals surface area contributed by atoms with Crippen LogP contribution in [0.5, 0.6) is 0 Å². The fourth-order valence-corrected chi connectivity index (χ4v) is 3.61. The standard InChI is InChI=1S/C18H25N3O2/c1-2-12-20-15-9-6-11-19-16(15)17(22)21(18(20)23)13-10-14-7-4-3-5-8-14/h3-5,7-8,15-16,19H,2,6,9-13H2,1H3. The van der Waals surface area contributed by atoms with Gasteiger partial charge in [-0.3, -0.25) is 9.69 Å². The lowest BCUT2D eigenvalue weighted by Gasteiger charge is -2.47. The third-order valence-corrected chi connectivity index (χ3v) is 4.77. The van der Waals surface area contributed by atoms with E-state index < -0.39 is 0 Å². The Balaban J connectivity index is 1.75. The molecule has 0 bridgehead atoms. The molecule has 2 aliphatic heterocycles. The number of fused-ring (bicyclic) bond motifs is 1. The Bertz CT molecular complexity index is 561. The minimum Gasteiger partial charge on any atom is -0.319 e. The van der Waals surface area contributed by atoms with Gasteiger partial charge in [0, 0.05) is 13.1 Å². The highest BCUT2D eigenvalue weighted by molar-refractivity contribution is 6.00. The first-order chi connectivity index (χ1) is 11.2. The van der Waals surface area contributed by atoms with Gasteiger partial charge in [-0.05, 0) is 37.8 Å². The summed E-state index contributed by atoms with van der Waals surface area (Å²) in [6.07, 6.45) is 3.55. The molecule has 0 aromatic heterocycles. The summed E-state index contributed by atoms with van der Waals surface area (Å²) in [5.74, 6) is -0.0528. The number of nitrogens with one attached hydrogen (secondary N) is 1. The fraction of sp³-hybridized carbons (Fsp3) is 0.556. The average molecular weight is 315 g/mol. The van der Waals surface area contributed by atoms with Crippen molar-refractivity contribution < 1.29 is 9.59 Å². The Morgan fingerprint density at radius 3 is 2.70 bits per heavy atom. The van der Waals surface area contributed by atoms with Crippen LogP contribution in [-0.4, -0.2) is 53.5 Å². The molecule has 0 saturated carbocycles. The molecule has 2 saturated heterocycles. The number of nitrogens with zero attached hydrogens (tertiary/aromatic N) is 2. The summed E-state index contributed by atoms with van der Waals surface area (Å²) < 4.78 is 0. The maximum atomic E-state index is 12.8. The van der Waals surface area contributed by atoms with Gasteiger partial charge in [0.05, 0.1) is 6.04 Å². The first-order valence-corrected chi connectivity index (χ1v) is 8.61. The van der Waals surface area contributed by atoms with Crippen molar-refractivity contribution in [3.05, 3.63) is 35.9 Å². The summed E-state index contributed by atoms with van der Waals surface area (Å²) in [5.41, 5.74) is 1.15. The Morgan fingerprint density at radius 1 is 1.17 bits per heavy atom. The van der Waals surface area contributed by atoms with Gasteiger partial charge in [0.2, 0.25) is 5.91 Å². The molecule has 3 amide bonds. The zero-order valence-electron chi connectivity index (χ0n) is 13.7. The second kappa shape index (κ2) is 7.13. The number of hydrogen-bond acceptors (Lipinski definition) is 3. The molecule has 3 rings (SSSR count). The van der Waals surface area contributed by atoms with Crippen molar-refractivity contribution in [3.8, 4) is 0 Å². The van der Waals surface area contributed by atoms with Crippen LogP contribution in [0.2, 0.25) is 0 Å². The predicted molar refractivity (Wildman–Crippen MR) is 89.1 cm³/mol. The summed E-state index contributed by atoms with van der Waals surface area (Å²) in [6.45, 7) is 4.10. The monoisotopic (exact) mass is 315 g/mol. The molecule has 1 N–H and O–H groups in total. The van der Waals surface area contributed by atoms with Crippen LogP contribution in [0.25, 0.3) is 0 Å². The summed E-state index contributed by atoms with van der Waals surface area (Å²) in [5, 5.41) is 3.32. The number of carbonyl (C=O) groups is 2. The second-order valence-electron chi connectivity index (χ2n) is 6.34. The molecule has 1 aromatic rings. The van der Waals surface area contributed by atoms with E-state index in [1.807, 2.05) is 35.2 Å². The van der Waals surface area contributed by atoms with Crippen molar-refractivity contribution in [1.29, 1.82) is 0 Å². The van der Waals surface area contributed by atoms with Gasteiger partial charge in [0.1, 0.15) is 6.04 Å². The van der Waals surface area contributed by atoms with Gasteiger partial charge in [-0.25, -0.2) is 4.79 Å². The largest absolute Gasteiger partial charge is 0.327 e. The Kier molecular flexibility index (Phi) is 4.96. The van der Waals surface area contributed by atoms with E-state index in [0.717, 1.165) is 37.9 Å². The molecule has 0 spiro atoms. The third kappa shape index (κ3) is 3.24. The van der Waals surface area contributed by atoms with E-state index in [4.69, 9.17) is 0 Å². The second-order valence-corrected chi connectivity index (χ2v) is 6.34. The highest BCUT2D eigenvalue weighted by atomic mass is 16.2. The summed E-state index contributed by atoms with van der Waals surface area (Å²) in [6, 6.07) is 9.68. The quantitative estimate of drug-likeness (QED) is 0.904. The third-order valence-electron chi connectivity index (χ3n) is 4.77. The normalized spacial score (nSPS) is 24.7. The molecule has 2 aliphatic rings. The number of benzene rings is 1. The molecule has 124 valence electrons. The lowest BCUT2D eigenvalue weighted by molar-refractivity contribution is -0.136. The van der Waals surface area contributed by atoms with Gasteiger partial charge in [-0.2, -0.15) is 0 Å². The summed E-state index contributed by atoms with van der Waals surface area (Å²) in [4.78, 5) is 28.9. The predicted octanol–water partition coefficient (Wildman–Crippen LogP) is 2.02. The first-order valence-electron chi connectivity index (χ1n) is 8.61. The van der Waals surface area contributed by atoms with Crippen molar-refractivity contribution in [2.75, 3.05) is 19.6 Å². The Hall–Kier alpha value is -1.88. The van der Waals surface area contributed by atoms with Gasteiger partial charge >= 0.3 is 6.03 Å². The van der Waals surface area contributed by atoms with Gasteiger partial charge in [0.25, 0.3) is 0 Å². The molecular weight excluding hydrogens is 290 g/mol. The Labute approximate surface area is 137 Å². The molecule has 5 heteroatoms. The zero-order chi connectivity index (χ0) is 16.2. The highest BCUT2D eigenvalue weighted by Gasteiger charge is 2.46. The van der Waals surface area contributed by atoms with E-state index in [1.165, 1.54) is 4.90 Å². The van der Waals surface area contributed by atoms with E-state index in [-0.39, 0.29) is 24.0 Å². The van der Waals surface area contributed by atoms with E-state index in [0.29, 0.717) is 13.0 Å². The fourth-order valence-electron chi connectivity index (χ4n) is 3.61. The van der Waals surface area contributed by atoms with E-state index in [9.17, 15) is 9.59 Å². The van der Waals surface area contributed by atoms with E-state index in [1.54, 1.807) is 0 Å². The molecule has 2 atom stereocenters. The average Bonchev–Trinajstić information content (AvgIpc) is 2.59. The van der Waals surface area contributed by atoms with Crippen LogP contribution in [0.1, 0.15) is 31.7 Å². The Morgan fingerprint density at radius 2 is 1.96 bits per heavy atom. The van der Waals surface area contributed by atoms with Gasteiger partial charge in [0.15, 0.2) is 0 Å². The molecule has 1 aromatic carbocycles. The number of hydrogen-bond donors (Lipinski definition) is 1. The molecule has 5 nitrogen and oxygen atoms in total. The summed E-state index contributed by atoms with van der Waals surface area (Å²) in [7, 11) is 0. The maximum Gasteiger partial charge on any atom is 0.327 e. The molecule has 2 unspecified atom stereocenters. The molecule has 2 fully saturated rings. The van der Waals surface area contributed by atoms with E-state index >= 15 is 0 Å². The number of piperidine rings is 1. The van der Waals surface area contributed by atoms with Gasteiger partial charge < -0.3 is 10.2 Å². The maximum absolute atomic E-state index is 12.8. The van der Waals surface area contributed by atoms with E-state index in [2.05, 4.69) is 12.2 Å². The molecule has 0 radical (unpaired) electrons.